The highest BCUT2D eigenvalue weighted by atomic mass is 19.1. The summed E-state index contributed by atoms with van der Waals surface area (Å²) in [6.45, 7) is 2.32. The van der Waals surface area contributed by atoms with Gasteiger partial charge in [0.2, 0.25) is 0 Å². The summed E-state index contributed by atoms with van der Waals surface area (Å²) in [6.07, 6.45) is 1.42. The molecule has 1 aliphatic heterocycles. The summed E-state index contributed by atoms with van der Waals surface area (Å²) in [7, 11) is 1.58. The van der Waals surface area contributed by atoms with E-state index in [0.717, 1.165) is 19.4 Å². The van der Waals surface area contributed by atoms with Gasteiger partial charge in [-0.25, -0.2) is 4.39 Å². The van der Waals surface area contributed by atoms with Crippen LogP contribution < -0.4 is 9.47 Å². The second-order valence-electron chi connectivity index (χ2n) is 7.04. The number of aliphatic hydroxyl groups is 1. The molecular weight excluding hydrogens is 361 g/mol. The van der Waals surface area contributed by atoms with Gasteiger partial charge in [0.25, 0.3) is 0 Å². The fourth-order valence-electron chi connectivity index (χ4n) is 3.42. The number of benzene rings is 2. The van der Waals surface area contributed by atoms with E-state index in [9.17, 15) is 9.50 Å². The minimum Gasteiger partial charge on any atom is -0.493 e. The van der Waals surface area contributed by atoms with Crippen molar-refractivity contribution in [3.8, 4) is 11.5 Å². The Labute approximate surface area is 165 Å². The summed E-state index contributed by atoms with van der Waals surface area (Å²) in [6, 6.07) is 14.1. The van der Waals surface area contributed by atoms with Gasteiger partial charge >= 0.3 is 0 Å². The molecule has 0 spiro atoms. The largest absolute Gasteiger partial charge is 0.493 e. The monoisotopic (exact) mass is 389 g/mol. The van der Waals surface area contributed by atoms with Crippen LogP contribution in [0.3, 0.4) is 0 Å². The van der Waals surface area contributed by atoms with E-state index < -0.39 is 6.10 Å². The van der Waals surface area contributed by atoms with Gasteiger partial charge in [0.05, 0.1) is 13.2 Å². The summed E-state index contributed by atoms with van der Waals surface area (Å²) < 4.78 is 30.8. The number of rotatable bonds is 10. The molecule has 5 nitrogen and oxygen atoms in total. The predicted octanol–water partition coefficient (Wildman–Crippen LogP) is 3.26. The van der Waals surface area contributed by atoms with Crippen LogP contribution in [0.1, 0.15) is 18.4 Å². The standard InChI is InChI=1S/C22H28FNO4/c1-26-21-10-4-5-11-22(21)28-16-18(25)14-24(15-19-8-6-12-27-19)13-17-7-2-3-9-20(17)23/h2-5,7,9-11,18-19,25H,6,8,12-16H2,1H3. The maximum absolute atomic E-state index is 14.1. The van der Waals surface area contributed by atoms with Crippen LogP contribution in [0.15, 0.2) is 48.5 Å². The highest BCUT2D eigenvalue weighted by Gasteiger charge is 2.22. The topological polar surface area (TPSA) is 51.2 Å². The van der Waals surface area contributed by atoms with E-state index in [2.05, 4.69) is 0 Å². The lowest BCUT2D eigenvalue weighted by Gasteiger charge is -2.27. The highest BCUT2D eigenvalue weighted by Crippen LogP contribution is 2.26. The third-order valence-corrected chi connectivity index (χ3v) is 4.81. The Bertz CT molecular complexity index is 736. The molecule has 2 atom stereocenters. The molecule has 6 heteroatoms. The molecule has 1 fully saturated rings. The highest BCUT2D eigenvalue weighted by molar-refractivity contribution is 5.39. The van der Waals surface area contributed by atoms with E-state index in [4.69, 9.17) is 14.2 Å². The van der Waals surface area contributed by atoms with Crippen LogP contribution >= 0.6 is 0 Å². The summed E-state index contributed by atoms with van der Waals surface area (Å²) >= 11 is 0. The maximum Gasteiger partial charge on any atom is 0.161 e. The Hall–Kier alpha value is -2.15. The molecule has 1 saturated heterocycles. The SMILES string of the molecule is COc1ccccc1OCC(O)CN(Cc1ccccc1F)CC1CCCO1. The molecule has 0 saturated carbocycles. The van der Waals surface area contributed by atoms with E-state index in [-0.39, 0.29) is 18.5 Å². The van der Waals surface area contributed by atoms with Gasteiger partial charge in [0, 0.05) is 31.8 Å². The first-order chi connectivity index (χ1) is 13.7. The quantitative estimate of drug-likeness (QED) is 0.676. The molecule has 2 aromatic rings. The van der Waals surface area contributed by atoms with Gasteiger partial charge in [-0.2, -0.15) is 0 Å². The third kappa shape index (κ3) is 5.92. The lowest BCUT2D eigenvalue weighted by atomic mass is 10.1. The van der Waals surface area contributed by atoms with E-state index in [1.165, 1.54) is 6.07 Å². The van der Waals surface area contributed by atoms with E-state index in [1.54, 1.807) is 25.3 Å². The molecule has 1 heterocycles. The first-order valence-corrected chi connectivity index (χ1v) is 9.67. The maximum atomic E-state index is 14.1. The predicted molar refractivity (Wildman–Crippen MR) is 105 cm³/mol. The molecule has 0 aromatic heterocycles. The van der Waals surface area contributed by atoms with Crippen molar-refractivity contribution in [3.63, 3.8) is 0 Å². The van der Waals surface area contributed by atoms with Crippen LogP contribution in [0.5, 0.6) is 11.5 Å². The average molecular weight is 389 g/mol. The lowest BCUT2D eigenvalue weighted by molar-refractivity contribution is 0.0306. The average Bonchev–Trinajstić information content (AvgIpc) is 3.21. The van der Waals surface area contributed by atoms with Crippen LogP contribution in [0.2, 0.25) is 0 Å². The van der Waals surface area contributed by atoms with Crippen molar-refractivity contribution in [2.45, 2.75) is 31.6 Å². The molecule has 1 N–H and O–H groups in total. The van der Waals surface area contributed by atoms with E-state index >= 15 is 0 Å². The van der Waals surface area contributed by atoms with E-state index in [1.807, 2.05) is 29.2 Å². The fraction of sp³-hybridized carbons (Fsp3) is 0.455. The molecule has 2 aromatic carbocycles. The zero-order valence-electron chi connectivity index (χ0n) is 16.2. The summed E-state index contributed by atoms with van der Waals surface area (Å²) in [5, 5.41) is 10.5. The summed E-state index contributed by atoms with van der Waals surface area (Å²) in [4.78, 5) is 2.03. The normalized spacial score (nSPS) is 17.6. The van der Waals surface area contributed by atoms with Crippen molar-refractivity contribution < 1.29 is 23.7 Å². The van der Waals surface area contributed by atoms with Gasteiger partial charge in [-0.3, -0.25) is 4.90 Å². The summed E-state index contributed by atoms with van der Waals surface area (Å²) in [5.41, 5.74) is 0.610. The molecule has 0 amide bonds. The minimum absolute atomic E-state index is 0.120. The molecule has 3 rings (SSSR count). The Kier molecular flexibility index (Phi) is 7.65. The second kappa shape index (κ2) is 10.4. The van der Waals surface area contributed by atoms with Crippen molar-refractivity contribution in [1.29, 1.82) is 0 Å². The van der Waals surface area contributed by atoms with Crippen LogP contribution in [-0.2, 0) is 11.3 Å². The van der Waals surface area contributed by atoms with Gasteiger partial charge in [0.1, 0.15) is 18.5 Å². The number of methoxy groups -OCH3 is 1. The van der Waals surface area contributed by atoms with Crippen molar-refractivity contribution in [2.75, 3.05) is 33.4 Å². The molecule has 0 aliphatic carbocycles. The number of aliphatic hydroxyl groups excluding tert-OH is 1. The first kappa shape index (κ1) is 20.6. The molecule has 0 radical (unpaired) electrons. The minimum atomic E-state index is -0.724. The van der Waals surface area contributed by atoms with Crippen molar-refractivity contribution in [3.05, 3.63) is 59.9 Å². The van der Waals surface area contributed by atoms with Crippen molar-refractivity contribution >= 4 is 0 Å². The fourth-order valence-corrected chi connectivity index (χ4v) is 3.42. The Balaban J connectivity index is 1.60. The Morgan fingerprint density at radius 2 is 1.93 bits per heavy atom. The van der Waals surface area contributed by atoms with Crippen LogP contribution in [0.4, 0.5) is 4.39 Å². The zero-order valence-corrected chi connectivity index (χ0v) is 16.2. The molecule has 152 valence electrons. The summed E-state index contributed by atoms with van der Waals surface area (Å²) in [5.74, 6) is 0.973. The van der Waals surface area contributed by atoms with Crippen molar-refractivity contribution in [1.82, 2.24) is 4.90 Å². The molecule has 2 unspecified atom stereocenters. The number of hydrogen-bond acceptors (Lipinski definition) is 5. The van der Waals surface area contributed by atoms with Gasteiger partial charge in [-0.1, -0.05) is 30.3 Å². The lowest BCUT2D eigenvalue weighted by Crippen LogP contribution is -2.39. The number of halogens is 1. The molecule has 0 bridgehead atoms. The first-order valence-electron chi connectivity index (χ1n) is 9.67. The van der Waals surface area contributed by atoms with Crippen molar-refractivity contribution in [2.24, 2.45) is 0 Å². The zero-order chi connectivity index (χ0) is 19.8. The van der Waals surface area contributed by atoms with Crippen LogP contribution in [0.25, 0.3) is 0 Å². The second-order valence-corrected chi connectivity index (χ2v) is 7.04. The smallest absolute Gasteiger partial charge is 0.161 e. The number of nitrogens with zero attached hydrogens (tertiary/aromatic N) is 1. The van der Waals surface area contributed by atoms with Gasteiger partial charge < -0.3 is 19.3 Å². The van der Waals surface area contributed by atoms with Crippen LogP contribution in [0, 0.1) is 5.82 Å². The van der Waals surface area contributed by atoms with E-state index in [0.29, 0.717) is 36.7 Å². The molecular formula is C22H28FNO4. The molecule has 1 aliphatic rings. The number of hydrogen-bond donors (Lipinski definition) is 1. The number of ether oxygens (including phenoxy) is 3. The Morgan fingerprint density at radius 1 is 1.18 bits per heavy atom. The van der Waals surface area contributed by atoms with Gasteiger partial charge in [-0.05, 0) is 31.0 Å². The van der Waals surface area contributed by atoms with Gasteiger partial charge in [-0.15, -0.1) is 0 Å². The third-order valence-electron chi connectivity index (χ3n) is 4.81. The molecule has 28 heavy (non-hydrogen) atoms. The van der Waals surface area contributed by atoms with Crippen LogP contribution in [-0.4, -0.2) is 55.6 Å². The van der Waals surface area contributed by atoms with Gasteiger partial charge in [0.15, 0.2) is 11.5 Å². The Morgan fingerprint density at radius 3 is 2.64 bits per heavy atom. The number of para-hydroxylation sites is 2.